The minimum absolute atomic E-state index is 0.119. The van der Waals surface area contributed by atoms with Gasteiger partial charge in [0.05, 0.1) is 21.3 Å². The summed E-state index contributed by atoms with van der Waals surface area (Å²) in [6, 6.07) is 9.99. The highest BCUT2D eigenvalue weighted by molar-refractivity contribution is 6.10. The van der Waals surface area contributed by atoms with Crippen molar-refractivity contribution in [3.63, 3.8) is 0 Å². The maximum atomic E-state index is 12.3. The standard InChI is InChI=1S/C18H18O5/c1-21-15-10-8-12(11-17(15)23-3)7-9-14(20)18-13(19)5-4-6-16(18)22-2/h4-11,19H,1-3H3/b9-7+. The Morgan fingerprint density at radius 2 is 1.65 bits per heavy atom. The molecular weight excluding hydrogens is 296 g/mol. The Labute approximate surface area is 134 Å². The average Bonchev–Trinajstić information content (AvgIpc) is 2.58. The van der Waals surface area contributed by atoms with Gasteiger partial charge < -0.3 is 19.3 Å². The summed E-state index contributed by atoms with van der Waals surface area (Å²) in [5.74, 6) is 1.04. The SMILES string of the molecule is COc1ccc(/C=C/C(=O)c2c(O)cccc2OC)cc1OC. The van der Waals surface area contributed by atoms with Gasteiger partial charge in [0.15, 0.2) is 17.3 Å². The molecular formula is C18H18O5. The van der Waals surface area contributed by atoms with Gasteiger partial charge in [-0.2, -0.15) is 0 Å². The summed E-state index contributed by atoms with van der Waals surface area (Å²) in [7, 11) is 4.55. The second-order valence-electron chi connectivity index (χ2n) is 4.67. The molecule has 0 spiro atoms. The molecule has 0 aliphatic heterocycles. The molecule has 0 aliphatic carbocycles. The normalized spacial score (nSPS) is 10.6. The number of carbonyl (C=O) groups excluding carboxylic acids is 1. The summed E-state index contributed by atoms with van der Waals surface area (Å²) < 4.78 is 15.5. The van der Waals surface area contributed by atoms with Crippen molar-refractivity contribution in [2.45, 2.75) is 0 Å². The first-order valence-electron chi connectivity index (χ1n) is 6.91. The molecule has 0 saturated carbocycles. The van der Waals surface area contributed by atoms with Gasteiger partial charge in [-0.15, -0.1) is 0 Å². The van der Waals surface area contributed by atoms with E-state index in [1.54, 1.807) is 50.6 Å². The van der Waals surface area contributed by atoms with Crippen molar-refractivity contribution in [1.29, 1.82) is 0 Å². The third-order valence-corrected chi connectivity index (χ3v) is 3.31. The molecule has 0 unspecified atom stereocenters. The van der Waals surface area contributed by atoms with E-state index >= 15 is 0 Å². The van der Waals surface area contributed by atoms with Crippen LogP contribution in [0.3, 0.4) is 0 Å². The smallest absolute Gasteiger partial charge is 0.193 e. The molecule has 0 aromatic heterocycles. The zero-order chi connectivity index (χ0) is 16.8. The van der Waals surface area contributed by atoms with Gasteiger partial charge in [0, 0.05) is 0 Å². The number of phenols is 1. The van der Waals surface area contributed by atoms with Crippen molar-refractivity contribution >= 4 is 11.9 Å². The minimum Gasteiger partial charge on any atom is -0.507 e. The lowest BCUT2D eigenvalue weighted by atomic mass is 10.1. The Hall–Kier alpha value is -2.95. The van der Waals surface area contributed by atoms with E-state index in [1.165, 1.54) is 19.3 Å². The van der Waals surface area contributed by atoms with Gasteiger partial charge in [0.2, 0.25) is 0 Å². The van der Waals surface area contributed by atoms with Crippen molar-refractivity contribution < 1.29 is 24.1 Å². The van der Waals surface area contributed by atoms with E-state index in [-0.39, 0.29) is 17.1 Å². The van der Waals surface area contributed by atoms with Crippen LogP contribution in [0.5, 0.6) is 23.0 Å². The van der Waals surface area contributed by atoms with Gasteiger partial charge in [0.1, 0.15) is 17.1 Å². The van der Waals surface area contributed by atoms with Crippen molar-refractivity contribution in [2.24, 2.45) is 0 Å². The van der Waals surface area contributed by atoms with Crippen LogP contribution < -0.4 is 14.2 Å². The number of rotatable bonds is 6. The number of hydrogen-bond acceptors (Lipinski definition) is 5. The molecule has 2 rings (SSSR count). The summed E-state index contributed by atoms with van der Waals surface area (Å²) in [5.41, 5.74) is 0.900. The Morgan fingerprint density at radius 1 is 0.957 bits per heavy atom. The Kier molecular flexibility index (Phi) is 5.25. The molecule has 0 amide bonds. The lowest BCUT2D eigenvalue weighted by Gasteiger charge is -2.08. The van der Waals surface area contributed by atoms with Gasteiger partial charge in [-0.1, -0.05) is 18.2 Å². The molecule has 23 heavy (non-hydrogen) atoms. The number of phenolic OH excluding ortho intramolecular Hbond substituents is 1. The maximum Gasteiger partial charge on any atom is 0.193 e. The van der Waals surface area contributed by atoms with Crippen LogP contribution in [0.4, 0.5) is 0 Å². The number of carbonyl (C=O) groups is 1. The van der Waals surface area contributed by atoms with Crippen molar-refractivity contribution in [1.82, 2.24) is 0 Å². The maximum absolute atomic E-state index is 12.3. The summed E-state index contributed by atoms with van der Waals surface area (Å²) >= 11 is 0. The Morgan fingerprint density at radius 3 is 2.30 bits per heavy atom. The number of ketones is 1. The van der Waals surface area contributed by atoms with Crippen LogP contribution in [0.15, 0.2) is 42.5 Å². The fourth-order valence-electron chi connectivity index (χ4n) is 2.15. The van der Waals surface area contributed by atoms with E-state index in [9.17, 15) is 9.90 Å². The molecule has 0 radical (unpaired) electrons. The number of aromatic hydroxyl groups is 1. The largest absolute Gasteiger partial charge is 0.507 e. The fraction of sp³-hybridized carbons (Fsp3) is 0.167. The molecule has 0 fully saturated rings. The first kappa shape index (κ1) is 16.4. The molecule has 5 nitrogen and oxygen atoms in total. The van der Waals surface area contributed by atoms with Crippen LogP contribution in [-0.4, -0.2) is 32.2 Å². The summed E-state index contributed by atoms with van der Waals surface area (Å²) in [6.45, 7) is 0. The van der Waals surface area contributed by atoms with Crippen molar-refractivity contribution in [2.75, 3.05) is 21.3 Å². The quantitative estimate of drug-likeness (QED) is 0.654. The molecule has 2 aromatic carbocycles. The van der Waals surface area contributed by atoms with E-state index in [1.807, 2.05) is 0 Å². The highest BCUT2D eigenvalue weighted by Gasteiger charge is 2.14. The van der Waals surface area contributed by atoms with Crippen LogP contribution in [0, 0.1) is 0 Å². The van der Waals surface area contributed by atoms with Gasteiger partial charge in [-0.25, -0.2) is 0 Å². The second kappa shape index (κ2) is 7.35. The third-order valence-electron chi connectivity index (χ3n) is 3.31. The van der Waals surface area contributed by atoms with Crippen LogP contribution in [0.2, 0.25) is 0 Å². The number of benzene rings is 2. The van der Waals surface area contributed by atoms with E-state index in [4.69, 9.17) is 14.2 Å². The van der Waals surface area contributed by atoms with Crippen molar-refractivity contribution in [3.05, 3.63) is 53.6 Å². The first-order chi connectivity index (χ1) is 11.1. The predicted molar refractivity (Wildman–Crippen MR) is 87.6 cm³/mol. The summed E-state index contributed by atoms with van der Waals surface area (Å²) in [6.07, 6.45) is 3.01. The van der Waals surface area contributed by atoms with Crippen LogP contribution in [0.1, 0.15) is 15.9 Å². The lowest BCUT2D eigenvalue weighted by molar-refractivity contribution is 0.104. The monoisotopic (exact) mass is 314 g/mol. The molecule has 0 aliphatic rings. The average molecular weight is 314 g/mol. The molecule has 0 atom stereocenters. The Balaban J connectivity index is 2.29. The fourth-order valence-corrected chi connectivity index (χ4v) is 2.15. The van der Waals surface area contributed by atoms with Crippen LogP contribution in [0.25, 0.3) is 6.08 Å². The molecule has 2 aromatic rings. The number of allylic oxidation sites excluding steroid dienone is 1. The highest BCUT2D eigenvalue weighted by Crippen LogP contribution is 2.30. The van der Waals surface area contributed by atoms with Gasteiger partial charge in [0.25, 0.3) is 0 Å². The molecule has 1 N–H and O–H groups in total. The van der Waals surface area contributed by atoms with E-state index in [0.717, 1.165) is 5.56 Å². The lowest BCUT2D eigenvalue weighted by Crippen LogP contribution is -1.99. The number of ether oxygens (including phenoxy) is 3. The number of methoxy groups -OCH3 is 3. The summed E-state index contributed by atoms with van der Waals surface area (Å²) in [5, 5.41) is 9.87. The highest BCUT2D eigenvalue weighted by atomic mass is 16.5. The first-order valence-corrected chi connectivity index (χ1v) is 6.91. The zero-order valence-corrected chi connectivity index (χ0v) is 13.2. The van der Waals surface area contributed by atoms with E-state index in [0.29, 0.717) is 17.2 Å². The van der Waals surface area contributed by atoms with E-state index < -0.39 is 0 Å². The summed E-state index contributed by atoms with van der Waals surface area (Å²) in [4.78, 5) is 12.3. The van der Waals surface area contributed by atoms with Gasteiger partial charge in [-0.3, -0.25) is 4.79 Å². The van der Waals surface area contributed by atoms with E-state index in [2.05, 4.69) is 0 Å². The van der Waals surface area contributed by atoms with Gasteiger partial charge >= 0.3 is 0 Å². The van der Waals surface area contributed by atoms with Crippen LogP contribution in [-0.2, 0) is 0 Å². The zero-order valence-electron chi connectivity index (χ0n) is 13.2. The molecule has 120 valence electrons. The third kappa shape index (κ3) is 3.63. The minimum atomic E-state index is -0.352. The molecule has 5 heteroatoms. The van der Waals surface area contributed by atoms with Crippen molar-refractivity contribution in [3.8, 4) is 23.0 Å². The molecule has 0 saturated heterocycles. The number of hydrogen-bond donors (Lipinski definition) is 1. The second-order valence-corrected chi connectivity index (χ2v) is 4.67. The van der Waals surface area contributed by atoms with Gasteiger partial charge in [-0.05, 0) is 35.9 Å². The van der Waals surface area contributed by atoms with Crippen LogP contribution >= 0.6 is 0 Å². The topological polar surface area (TPSA) is 65.0 Å². The molecule has 0 bridgehead atoms. The molecule has 0 heterocycles. The Bertz CT molecular complexity index is 734. The predicted octanol–water partition coefficient (Wildman–Crippen LogP) is 3.31.